The molecule has 1 unspecified atom stereocenters. The fourth-order valence-electron chi connectivity index (χ4n) is 2.03. The smallest absolute Gasteiger partial charge is 0.287 e. The van der Waals surface area contributed by atoms with Crippen molar-refractivity contribution in [3.63, 3.8) is 0 Å². The molecule has 2 aromatic rings. The third-order valence-electron chi connectivity index (χ3n) is 3.99. The van der Waals surface area contributed by atoms with Gasteiger partial charge in [0.15, 0.2) is 5.76 Å². The Labute approximate surface area is 131 Å². The van der Waals surface area contributed by atoms with Gasteiger partial charge < -0.3 is 15.5 Å². The minimum atomic E-state index is -0.439. The fraction of sp³-hybridized carbons (Fsp3) is 0.438. The van der Waals surface area contributed by atoms with Crippen LogP contribution in [-0.2, 0) is 0 Å². The monoisotopic (exact) mass is 310 g/mol. The van der Waals surface area contributed by atoms with Gasteiger partial charge in [-0.1, -0.05) is 25.5 Å². The van der Waals surface area contributed by atoms with Gasteiger partial charge in [-0.05, 0) is 38.0 Å². The van der Waals surface area contributed by atoms with Crippen molar-refractivity contribution in [1.29, 1.82) is 0 Å². The van der Waals surface area contributed by atoms with Crippen LogP contribution in [-0.4, -0.2) is 18.0 Å². The van der Waals surface area contributed by atoms with Crippen molar-refractivity contribution in [1.82, 2.24) is 5.32 Å². The topological polar surface area (TPSA) is 68.3 Å². The van der Waals surface area contributed by atoms with Crippen molar-refractivity contribution in [3.05, 3.63) is 35.6 Å². The number of benzene rings is 1. The Bertz CT molecular complexity index is 636. The zero-order valence-corrected chi connectivity index (χ0v) is 13.7. The van der Waals surface area contributed by atoms with Crippen molar-refractivity contribution in [2.45, 2.75) is 33.2 Å². The van der Waals surface area contributed by atoms with Gasteiger partial charge in [0, 0.05) is 11.9 Å². The molecule has 1 amide bonds. The Hall–Kier alpha value is -1.52. The van der Waals surface area contributed by atoms with Gasteiger partial charge in [0.2, 0.25) is 0 Å². The SMILES string of the molecule is Cc1ccc2oc(C(=O)NC(C)(CN)C(C)C)cc2c1.Cl. The number of carbonyl (C=O) groups is 1. The molecule has 0 aliphatic heterocycles. The van der Waals surface area contributed by atoms with E-state index in [4.69, 9.17) is 10.2 Å². The lowest BCUT2D eigenvalue weighted by atomic mass is 9.88. The molecule has 0 bridgehead atoms. The van der Waals surface area contributed by atoms with E-state index < -0.39 is 5.54 Å². The van der Waals surface area contributed by atoms with Gasteiger partial charge in [-0.15, -0.1) is 12.4 Å². The van der Waals surface area contributed by atoms with Crippen molar-refractivity contribution in [2.75, 3.05) is 6.54 Å². The number of rotatable bonds is 4. The average Bonchev–Trinajstić information content (AvgIpc) is 2.81. The van der Waals surface area contributed by atoms with E-state index in [1.54, 1.807) is 6.07 Å². The van der Waals surface area contributed by atoms with E-state index in [2.05, 4.69) is 5.32 Å². The normalized spacial score (nSPS) is 13.8. The van der Waals surface area contributed by atoms with Gasteiger partial charge in [0.1, 0.15) is 5.58 Å². The molecule has 4 nitrogen and oxygen atoms in total. The first-order valence-corrected chi connectivity index (χ1v) is 6.88. The predicted octanol–water partition coefficient (Wildman–Crippen LogP) is 3.27. The van der Waals surface area contributed by atoms with Gasteiger partial charge >= 0.3 is 0 Å². The van der Waals surface area contributed by atoms with Gasteiger partial charge in [-0.3, -0.25) is 4.79 Å². The number of carbonyl (C=O) groups excluding carboxylic acids is 1. The number of fused-ring (bicyclic) bond motifs is 1. The number of furan rings is 1. The highest BCUT2D eigenvalue weighted by molar-refractivity contribution is 5.96. The van der Waals surface area contributed by atoms with Gasteiger partial charge in [-0.25, -0.2) is 0 Å². The zero-order chi connectivity index (χ0) is 14.9. The highest BCUT2D eigenvalue weighted by Gasteiger charge is 2.30. The summed E-state index contributed by atoms with van der Waals surface area (Å²) in [5.41, 5.74) is 7.21. The van der Waals surface area contributed by atoms with Crippen LogP contribution in [0.25, 0.3) is 11.0 Å². The van der Waals surface area contributed by atoms with Crippen LogP contribution in [0.5, 0.6) is 0 Å². The molecule has 21 heavy (non-hydrogen) atoms. The maximum absolute atomic E-state index is 12.3. The Morgan fingerprint density at radius 2 is 2.05 bits per heavy atom. The summed E-state index contributed by atoms with van der Waals surface area (Å²) in [7, 11) is 0. The molecule has 5 heteroatoms. The molecule has 1 atom stereocenters. The Balaban J connectivity index is 0.00000220. The summed E-state index contributed by atoms with van der Waals surface area (Å²) in [4.78, 5) is 12.3. The quantitative estimate of drug-likeness (QED) is 0.910. The molecule has 0 fully saturated rings. The second-order valence-corrected chi connectivity index (χ2v) is 5.88. The number of amides is 1. The van der Waals surface area contributed by atoms with Crippen LogP contribution in [0.2, 0.25) is 0 Å². The van der Waals surface area contributed by atoms with Crippen LogP contribution in [0.15, 0.2) is 28.7 Å². The van der Waals surface area contributed by atoms with E-state index in [0.29, 0.717) is 12.3 Å². The molecule has 116 valence electrons. The number of nitrogens with one attached hydrogen (secondary N) is 1. The molecule has 0 aliphatic rings. The summed E-state index contributed by atoms with van der Waals surface area (Å²) in [5.74, 6) is 0.342. The highest BCUT2D eigenvalue weighted by atomic mass is 35.5. The van der Waals surface area contributed by atoms with Crippen molar-refractivity contribution in [2.24, 2.45) is 11.7 Å². The lowest BCUT2D eigenvalue weighted by Gasteiger charge is -2.33. The lowest BCUT2D eigenvalue weighted by molar-refractivity contribution is 0.0856. The van der Waals surface area contributed by atoms with E-state index in [1.807, 2.05) is 45.9 Å². The Morgan fingerprint density at radius 1 is 1.38 bits per heavy atom. The van der Waals surface area contributed by atoms with Crippen LogP contribution < -0.4 is 11.1 Å². The molecule has 1 aromatic carbocycles. The van der Waals surface area contributed by atoms with Crippen LogP contribution in [0.1, 0.15) is 36.9 Å². The van der Waals surface area contributed by atoms with Crippen molar-refractivity contribution in [3.8, 4) is 0 Å². The number of aryl methyl sites for hydroxylation is 1. The number of halogens is 1. The molecule has 0 spiro atoms. The Morgan fingerprint density at radius 3 is 2.62 bits per heavy atom. The molecular weight excluding hydrogens is 288 g/mol. The minimum absolute atomic E-state index is 0. The molecule has 0 saturated carbocycles. The van der Waals surface area contributed by atoms with Gasteiger partial charge in [0.05, 0.1) is 5.54 Å². The maximum atomic E-state index is 12.3. The van der Waals surface area contributed by atoms with E-state index >= 15 is 0 Å². The summed E-state index contributed by atoms with van der Waals surface area (Å²) in [6.07, 6.45) is 0. The number of hydrogen-bond donors (Lipinski definition) is 2. The molecule has 0 aliphatic carbocycles. The molecule has 0 radical (unpaired) electrons. The largest absolute Gasteiger partial charge is 0.451 e. The highest BCUT2D eigenvalue weighted by Crippen LogP contribution is 2.22. The van der Waals surface area contributed by atoms with Crippen molar-refractivity contribution >= 4 is 29.3 Å². The predicted molar refractivity (Wildman–Crippen MR) is 88.0 cm³/mol. The average molecular weight is 311 g/mol. The van der Waals surface area contributed by atoms with E-state index in [1.165, 1.54) is 0 Å². The summed E-state index contributed by atoms with van der Waals surface area (Å²) in [6.45, 7) is 8.42. The van der Waals surface area contributed by atoms with Crippen LogP contribution in [0, 0.1) is 12.8 Å². The molecule has 1 aromatic heterocycles. The second-order valence-electron chi connectivity index (χ2n) is 5.88. The minimum Gasteiger partial charge on any atom is -0.451 e. The number of nitrogens with two attached hydrogens (primary N) is 1. The van der Waals surface area contributed by atoms with E-state index in [0.717, 1.165) is 16.5 Å². The standard InChI is InChI=1S/C16H22N2O2.ClH/c1-10(2)16(4,9-17)18-15(19)14-8-12-7-11(3)5-6-13(12)20-14;/h5-8,10H,9,17H2,1-4H3,(H,18,19);1H. The van der Waals surface area contributed by atoms with E-state index in [9.17, 15) is 4.79 Å². The lowest BCUT2D eigenvalue weighted by Crippen LogP contribution is -2.54. The van der Waals surface area contributed by atoms with Crippen LogP contribution >= 0.6 is 12.4 Å². The Kier molecular flexibility index (Phi) is 5.42. The molecule has 1 heterocycles. The van der Waals surface area contributed by atoms with Gasteiger partial charge in [-0.2, -0.15) is 0 Å². The summed E-state index contributed by atoms with van der Waals surface area (Å²) < 4.78 is 5.60. The zero-order valence-electron chi connectivity index (χ0n) is 12.9. The fourth-order valence-corrected chi connectivity index (χ4v) is 2.03. The summed E-state index contributed by atoms with van der Waals surface area (Å²) in [5, 5.41) is 3.92. The molecule has 2 rings (SSSR count). The molecular formula is C16H23ClN2O2. The van der Waals surface area contributed by atoms with Gasteiger partial charge in [0.25, 0.3) is 5.91 Å². The first-order valence-electron chi connectivity index (χ1n) is 6.88. The van der Waals surface area contributed by atoms with Crippen LogP contribution in [0.3, 0.4) is 0 Å². The molecule has 3 N–H and O–H groups in total. The second kappa shape index (κ2) is 6.50. The van der Waals surface area contributed by atoms with E-state index in [-0.39, 0.29) is 24.2 Å². The summed E-state index contributed by atoms with van der Waals surface area (Å²) in [6, 6.07) is 7.62. The van der Waals surface area contributed by atoms with Crippen LogP contribution in [0.4, 0.5) is 0 Å². The summed E-state index contributed by atoms with van der Waals surface area (Å²) >= 11 is 0. The maximum Gasteiger partial charge on any atom is 0.287 e. The first-order chi connectivity index (χ1) is 9.35. The third-order valence-corrected chi connectivity index (χ3v) is 3.99. The number of hydrogen-bond acceptors (Lipinski definition) is 3. The third kappa shape index (κ3) is 3.57. The molecule has 0 saturated heterocycles. The first kappa shape index (κ1) is 17.5. The van der Waals surface area contributed by atoms with Crippen molar-refractivity contribution < 1.29 is 9.21 Å².